The van der Waals surface area contributed by atoms with Crippen LogP contribution in [-0.2, 0) is 6.54 Å². The lowest BCUT2D eigenvalue weighted by Gasteiger charge is -2.46. The molecule has 0 spiro atoms. The Hall–Kier alpha value is -0.800. The highest BCUT2D eigenvalue weighted by molar-refractivity contribution is 8.25. The fraction of sp³-hybridized carbons (Fsp3) is 0.500. The summed E-state index contributed by atoms with van der Waals surface area (Å²) >= 11 is 3.99. The summed E-state index contributed by atoms with van der Waals surface area (Å²) in [6, 6.07) is 10.8. The Morgan fingerprint density at radius 2 is 1.61 bits per heavy atom. The molecule has 0 saturated carbocycles. The molecule has 0 unspecified atom stereocenters. The van der Waals surface area contributed by atoms with Crippen molar-refractivity contribution >= 4 is 23.5 Å². The smallest absolute Gasteiger partial charge is 0.0864 e. The highest BCUT2D eigenvalue weighted by Gasteiger charge is 2.37. The SMILES string of the molecule is CC/C(C)=C1/S/C(=C(\C)CC)N(Cc2ccccc2)C(C)(C)S1. The maximum Gasteiger partial charge on any atom is 0.0864 e. The molecule has 0 aliphatic carbocycles. The molecule has 2 rings (SSSR count). The zero-order chi connectivity index (χ0) is 17.0. The first-order valence-corrected chi connectivity index (χ1v) is 10.1. The van der Waals surface area contributed by atoms with Crippen LogP contribution in [0.3, 0.4) is 0 Å². The molecule has 3 heteroatoms. The van der Waals surface area contributed by atoms with Crippen LogP contribution in [0, 0.1) is 0 Å². The molecular formula is C20H29NS2. The van der Waals surface area contributed by atoms with Crippen LogP contribution in [0.15, 0.2) is 50.7 Å². The van der Waals surface area contributed by atoms with Crippen LogP contribution in [-0.4, -0.2) is 9.77 Å². The Morgan fingerprint density at radius 3 is 2.17 bits per heavy atom. The van der Waals surface area contributed by atoms with Crippen LogP contribution < -0.4 is 0 Å². The van der Waals surface area contributed by atoms with Crippen molar-refractivity contribution in [3.63, 3.8) is 0 Å². The Balaban J connectivity index is 2.42. The van der Waals surface area contributed by atoms with Crippen LogP contribution in [0.1, 0.15) is 59.9 Å². The van der Waals surface area contributed by atoms with E-state index >= 15 is 0 Å². The van der Waals surface area contributed by atoms with Crippen molar-refractivity contribution in [2.24, 2.45) is 0 Å². The maximum atomic E-state index is 2.59. The number of nitrogens with zero attached hydrogens (tertiary/aromatic N) is 1. The minimum atomic E-state index is 0.0681. The van der Waals surface area contributed by atoms with E-state index in [-0.39, 0.29) is 4.87 Å². The van der Waals surface area contributed by atoms with Gasteiger partial charge < -0.3 is 4.90 Å². The van der Waals surface area contributed by atoms with Gasteiger partial charge in [0.1, 0.15) is 0 Å². The molecule has 1 aromatic rings. The minimum Gasteiger partial charge on any atom is -0.347 e. The largest absolute Gasteiger partial charge is 0.347 e. The molecule has 1 aliphatic rings. The van der Waals surface area contributed by atoms with Gasteiger partial charge in [-0.25, -0.2) is 0 Å². The van der Waals surface area contributed by atoms with Crippen molar-refractivity contribution in [3.05, 3.63) is 56.3 Å². The third-order valence-corrected chi connectivity index (χ3v) is 7.43. The molecule has 0 N–H and O–H groups in total. The highest BCUT2D eigenvalue weighted by atomic mass is 32.2. The Kier molecular flexibility index (Phi) is 6.33. The summed E-state index contributed by atoms with van der Waals surface area (Å²) in [4.78, 5) is 2.65. The molecule has 0 bridgehead atoms. The van der Waals surface area contributed by atoms with E-state index in [2.05, 4.69) is 76.8 Å². The Bertz CT molecular complexity index is 599. The van der Waals surface area contributed by atoms with E-state index in [0.717, 1.165) is 19.4 Å². The van der Waals surface area contributed by atoms with Gasteiger partial charge in [-0.2, -0.15) is 0 Å². The van der Waals surface area contributed by atoms with Gasteiger partial charge in [0.15, 0.2) is 0 Å². The van der Waals surface area contributed by atoms with E-state index in [1.807, 2.05) is 23.5 Å². The summed E-state index contributed by atoms with van der Waals surface area (Å²) in [6.07, 6.45) is 2.23. The zero-order valence-electron chi connectivity index (χ0n) is 15.3. The molecule has 0 radical (unpaired) electrons. The quantitative estimate of drug-likeness (QED) is 0.578. The molecule has 1 nitrogen and oxygen atoms in total. The van der Waals surface area contributed by atoms with Gasteiger partial charge in [-0.1, -0.05) is 73.3 Å². The van der Waals surface area contributed by atoms with Crippen molar-refractivity contribution in [2.75, 3.05) is 0 Å². The minimum absolute atomic E-state index is 0.0681. The third kappa shape index (κ3) is 4.39. The average Bonchev–Trinajstić information content (AvgIpc) is 2.55. The standard InChI is InChI=1S/C20H29NS2/c1-7-15(3)18-21(14-17-12-10-9-11-13-17)20(5,6)23-19(22-18)16(4)8-2/h9-13H,7-8,14H2,1-6H3/b18-15+,19-16-. The molecule has 1 saturated heterocycles. The molecule has 1 aromatic carbocycles. The number of hydrogen-bond donors (Lipinski definition) is 0. The van der Waals surface area contributed by atoms with E-state index in [4.69, 9.17) is 0 Å². The molecular weight excluding hydrogens is 318 g/mol. The van der Waals surface area contributed by atoms with Gasteiger partial charge in [-0.3, -0.25) is 0 Å². The van der Waals surface area contributed by atoms with Crippen LogP contribution in [0.4, 0.5) is 0 Å². The Morgan fingerprint density at radius 1 is 1.00 bits per heavy atom. The van der Waals surface area contributed by atoms with Crippen molar-refractivity contribution in [2.45, 2.75) is 65.8 Å². The van der Waals surface area contributed by atoms with Crippen LogP contribution >= 0.6 is 23.5 Å². The normalized spacial score (nSPS) is 22.1. The molecule has 126 valence electrons. The Labute approximate surface area is 150 Å². The monoisotopic (exact) mass is 347 g/mol. The summed E-state index contributed by atoms with van der Waals surface area (Å²) in [5, 5.41) is 1.45. The number of thioether (sulfide) groups is 2. The van der Waals surface area contributed by atoms with E-state index in [9.17, 15) is 0 Å². The lowest BCUT2D eigenvalue weighted by Crippen LogP contribution is -2.42. The van der Waals surface area contributed by atoms with E-state index in [1.165, 1.54) is 26.0 Å². The van der Waals surface area contributed by atoms with Gasteiger partial charge >= 0.3 is 0 Å². The molecule has 1 fully saturated rings. The lowest BCUT2D eigenvalue weighted by molar-refractivity contribution is 0.260. The first-order valence-electron chi connectivity index (χ1n) is 8.47. The van der Waals surface area contributed by atoms with Crippen LogP contribution in [0.5, 0.6) is 0 Å². The molecule has 23 heavy (non-hydrogen) atoms. The maximum absolute atomic E-state index is 2.59. The predicted molar refractivity (Wildman–Crippen MR) is 107 cm³/mol. The first-order chi connectivity index (χ1) is 10.9. The predicted octanol–water partition coefficient (Wildman–Crippen LogP) is 6.99. The number of benzene rings is 1. The van der Waals surface area contributed by atoms with Crippen LogP contribution in [0.2, 0.25) is 0 Å². The van der Waals surface area contributed by atoms with Crippen LogP contribution in [0.25, 0.3) is 0 Å². The second-order valence-corrected chi connectivity index (χ2v) is 9.45. The van der Waals surface area contributed by atoms with E-state index in [1.54, 1.807) is 0 Å². The second kappa shape index (κ2) is 7.85. The van der Waals surface area contributed by atoms with Crippen molar-refractivity contribution in [1.29, 1.82) is 0 Å². The number of allylic oxidation sites excluding steroid dienone is 2. The highest BCUT2D eigenvalue weighted by Crippen LogP contribution is 2.54. The average molecular weight is 348 g/mol. The van der Waals surface area contributed by atoms with Gasteiger partial charge in [0, 0.05) is 10.8 Å². The third-order valence-electron chi connectivity index (χ3n) is 4.38. The summed E-state index contributed by atoms with van der Waals surface area (Å²) < 4.78 is 1.49. The fourth-order valence-electron chi connectivity index (χ4n) is 2.51. The van der Waals surface area contributed by atoms with Crippen molar-refractivity contribution < 1.29 is 0 Å². The van der Waals surface area contributed by atoms with Crippen molar-refractivity contribution in [3.8, 4) is 0 Å². The van der Waals surface area contributed by atoms with E-state index < -0.39 is 0 Å². The second-order valence-electron chi connectivity index (χ2n) is 6.58. The van der Waals surface area contributed by atoms with Gasteiger partial charge in [-0.15, -0.1) is 0 Å². The lowest BCUT2D eigenvalue weighted by atomic mass is 10.1. The van der Waals surface area contributed by atoms with Crippen molar-refractivity contribution in [1.82, 2.24) is 4.90 Å². The van der Waals surface area contributed by atoms with Gasteiger partial charge in [0.05, 0.1) is 9.90 Å². The molecule has 0 amide bonds. The summed E-state index contributed by atoms with van der Waals surface area (Å²) in [6.45, 7) is 14.7. The fourth-order valence-corrected chi connectivity index (χ4v) is 5.83. The van der Waals surface area contributed by atoms with Gasteiger partial charge in [0.2, 0.25) is 0 Å². The van der Waals surface area contributed by atoms with Gasteiger partial charge in [-0.05, 0) is 51.7 Å². The summed E-state index contributed by atoms with van der Waals surface area (Å²) in [5.74, 6) is 0. The topological polar surface area (TPSA) is 3.24 Å². The first kappa shape index (κ1) is 18.5. The number of hydrogen-bond acceptors (Lipinski definition) is 3. The van der Waals surface area contributed by atoms with Gasteiger partial charge in [0.25, 0.3) is 0 Å². The van der Waals surface area contributed by atoms with E-state index in [0.29, 0.717) is 0 Å². The number of rotatable bonds is 4. The molecule has 0 atom stereocenters. The summed E-state index contributed by atoms with van der Waals surface area (Å²) in [5.41, 5.74) is 4.37. The zero-order valence-corrected chi connectivity index (χ0v) is 16.9. The molecule has 1 heterocycles. The summed E-state index contributed by atoms with van der Waals surface area (Å²) in [7, 11) is 0. The molecule has 1 aliphatic heterocycles. The molecule has 0 aromatic heterocycles.